The fourth-order valence-corrected chi connectivity index (χ4v) is 2.19. The maximum atomic E-state index is 11.2. The largest absolute Gasteiger partial charge is 0.477 e. The maximum Gasteiger partial charge on any atom is 0.354 e. The highest BCUT2D eigenvalue weighted by Gasteiger charge is 2.17. The maximum absolute atomic E-state index is 11.2. The molecule has 4 nitrogen and oxygen atoms in total. The number of nitrogens with zero attached hydrogens (tertiary/aromatic N) is 2. The number of benzene rings is 1. The molecule has 0 amide bonds. The standard InChI is InChI=1S/C16H18N2O2/c1-4-9-18(11(2)3)15-13-8-6-5-7-12(13)10-14(17-15)16(19)20/h4-8,10-11H,1,9H2,2-3H3,(H,19,20). The average Bonchev–Trinajstić information content (AvgIpc) is 2.43. The van der Waals surface area contributed by atoms with Crippen LogP contribution in [0.3, 0.4) is 0 Å². The summed E-state index contributed by atoms with van der Waals surface area (Å²) in [7, 11) is 0. The number of hydrogen-bond acceptors (Lipinski definition) is 3. The Morgan fingerprint density at radius 1 is 1.45 bits per heavy atom. The van der Waals surface area contributed by atoms with Crippen molar-refractivity contribution in [2.24, 2.45) is 0 Å². The summed E-state index contributed by atoms with van der Waals surface area (Å²) in [4.78, 5) is 17.6. The number of pyridine rings is 1. The van der Waals surface area contributed by atoms with Gasteiger partial charge in [-0.2, -0.15) is 0 Å². The molecular weight excluding hydrogens is 252 g/mol. The van der Waals surface area contributed by atoms with E-state index in [9.17, 15) is 9.90 Å². The fraction of sp³-hybridized carbons (Fsp3) is 0.250. The molecule has 4 heteroatoms. The van der Waals surface area contributed by atoms with E-state index < -0.39 is 5.97 Å². The second-order valence-corrected chi connectivity index (χ2v) is 4.89. The van der Waals surface area contributed by atoms with Crippen LogP contribution in [0.1, 0.15) is 24.3 Å². The van der Waals surface area contributed by atoms with Crippen LogP contribution in [0.2, 0.25) is 0 Å². The number of carboxylic acid groups (broad SMARTS) is 1. The quantitative estimate of drug-likeness (QED) is 0.847. The SMILES string of the molecule is C=CCN(c1nc(C(=O)O)cc2ccccc12)C(C)C. The number of anilines is 1. The van der Waals surface area contributed by atoms with Gasteiger partial charge >= 0.3 is 5.97 Å². The van der Waals surface area contributed by atoms with Crippen molar-refractivity contribution in [2.75, 3.05) is 11.4 Å². The highest BCUT2D eigenvalue weighted by molar-refractivity contribution is 5.98. The Kier molecular flexibility index (Phi) is 4.03. The lowest BCUT2D eigenvalue weighted by molar-refractivity contribution is 0.0691. The van der Waals surface area contributed by atoms with E-state index in [2.05, 4.69) is 11.6 Å². The minimum absolute atomic E-state index is 0.0633. The monoisotopic (exact) mass is 270 g/mol. The third kappa shape index (κ3) is 2.64. The molecule has 0 saturated heterocycles. The van der Waals surface area contributed by atoms with Crippen molar-refractivity contribution < 1.29 is 9.90 Å². The van der Waals surface area contributed by atoms with Crippen molar-refractivity contribution in [2.45, 2.75) is 19.9 Å². The van der Waals surface area contributed by atoms with Gasteiger partial charge in [-0.05, 0) is 25.3 Å². The van der Waals surface area contributed by atoms with Gasteiger partial charge in [-0.15, -0.1) is 6.58 Å². The molecule has 0 spiro atoms. The molecule has 0 radical (unpaired) electrons. The van der Waals surface area contributed by atoms with E-state index in [1.807, 2.05) is 43.0 Å². The summed E-state index contributed by atoms with van der Waals surface area (Å²) in [5.41, 5.74) is 0.0633. The Hall–Kier alpha value is -2.36. The predicted octanol–water partition coefficient (Wildman–Crippen LogP) is 3.33. The molecule has 0 bridgehead atoms. The van der Waals surface area contributed by atoms with Gasteiger partial charge < -0.3 is 10.0 Å². The van der Waals surface area contributed by atoms with Crippen molar-refractivity contribution in [1.82, 2.24) is 4.98 Å². The molecule has 0 aliphatic heterocycles. The molecule has 2 rings (SSSR count). The lowest BCUT2D eigenvalue weighted by atomic mass is 10.1. The third-order valence-electron chi connectivity index (χ3n) is 3.16. The summed E-state index contributed by atoms with van der Waals surface area (Å²) in [5, 5.41) is 11.0. The van der Waals surface area contributed by atoms with Crippen molar-refractivity contribution >= 4 is 22.6 Å². The Morgan fingerprint density at radius 3 is 2.75 bits per heavy atom. The lowest BCUT2D eigenvalue weighted by Crippen LogP contribution is -2.32. The van der Waals surface area contributed by atoms with Crippen LogP contribution in [0.15, 0.2) is 43.0 Å². The first-order valence-electron chi connectivity index (χ1n) is 6.55. The zero-order valence-electron chi connectivity index (χ0n) is 11.7. The van der Waals surface area contributed by atoms with E-state index in [4.69, 9.17) is 0 Å². The molecule has 1 N–H and O–H groups in total. The van der Waals surface area contributed by atoms with E-state index in [-0.39, 0.29) is 11.7 Å². The Bertz CT molecular complexity index is 650. The predicted molar refractivity (Wildman–Crippen MR) is 81.4 cm³/mol. The molecule has 0 atom stereocenters. The van der Waals surface area contributed by atoms with Gasteiger partial charge in [0.05, 0.1) is 0 Å². The minimum atomic E-state index is -1.01. The molecule has 0 saturated carbocycles. The van der Waals surface area contributed by atoms with E-state index in [1.54, 1.807) is 12.1 Å². The van der Waals surface area contributed by atoms with Crippen molar-refractivity contribution in [3.63, 3.8) is 0 Å². The van der Waals surface area contributed by atoms with Gasteiger partial charge in [0, 0.05) is 18.0 Å². The van der Waals surface area contributed by atoms with Crippen LogP contribution in [-0.2, 0) is 0 Å². The van der Waals surface area contributed by atoms with Crippen LogP contribution in [-0.4, -0.2) is 28.6 Å². The highest BCUT2D eigenvalue weighted by atomic mass is 16.4. The summed E-state index contributed by atoms with van der Waals surface area (Å²) in [6.45, 7) is 8.48. The molecule has 20 heavy (non-hydrogen) atoms. The highest BCUT2D eigenvalue weighted by Crippen LogP contribution is 2.27. The summed E-state index contributed by atoms with van der Waals surface area (Å²) in [6.07, 6.45) is 1.80. The van der Waals surface area contributed by atoms with Gasteiger partial charge in [0.15, 0.2) is 5.69 Å². The van der Waals surface area contributed by atoms with Crippen LogP contribution in [0, 0.1) is 0 Å². The van der Waals surface area contributed by atoms with Crippen LogP contribution in [0.5, 0.6) is 0 Å². The van der Waals surface area contributed by atoms with Crippen LogP contribution in [0.25, 0.3) is 10.8 Å². The number of carbonyl (C=O) groups is 1. The molecule has 1 aromatic heterocycles. The van der Waals surface area contributed by atoms with Gasteiger partial charge in [0.1, 0.15) is 5.82 Å². The van der Waals surface area contributed by atoms with Crippen LogP contribution >= 0.6 is 0 Å². The third-order valence-corrected chi connectivity index (χ3v) is 3.16. The van der Waals surface area contributed by atoms with Crippen molar-refractivity contribution in [3.8, 4) is 0 Å². The summed E-state index contributed by atoms with van der Waals surface area (Å²) < 4.78 is 0. The van der Waals surface area contributed by atoms with Gasteiger partial charge in [0.2, 0.25) is 0 Å². The smallest absolute Gasteiger partial charge is 0.354 e. The van der Waals surface area contributed by atoms with E-state index in [0.717, 1.165) is 10.8 Å². The molecule has 1 heterocycles. The molecule has 0 unspecified atom stereocenters. The lowest BCUT2D eigenvalue weighted by Gasteiger charge is -2.28. The van der Waals surface area contributed by atoms with E-state index in [1.165, 1.54) is 0 Å². The topological polar surface area (TPSA) is 53.4 Å². The van der Waals surface area contributed by atoms with Gasteiger partial charge in [-0.3, -0.25) is 0 Å². The van der Waals surface area contributed by atoms with Crippen molar-refractivity contribution in [3.05, 3.63) is 48.7 Å². The van der Waals surface area contributed by atoms with Crippen LogP contribution in [0.4, 0.5) is 5.82 Å². The summed E-state index contributed by atoms with van der Waals surface area (Å²) in [6, 6.07) is 9.49. The molecule has 2 aromatic rings. The van der Waals surface area contributed by atoms with E-state index >= 15 is 0 Å². The number of aromatic carboxylic acids is 1. The molecule has 0 fully saturated rings. The average molecular weight is 270 g/mol. The summed E-state index contributed by atoms with van der Waals surface area (Å²) in [5.74, 6) is -0.324. The molecule has 104 valence electrons. The molecule has 0 aliphatic rings. The second-order valence-electron chi connectivity index (χ2n) is 4.89. The number of rotatable bonds is 5. The zero-order chi connectivity index (χ0) is 14.7. The van der Waals surface area contributed by atoms with Crippen molar-refractivity contribution in [1.29, 1.82) is 0 Å². The molecule has 0 aliphatic carbocycles. The zero-order valence-corrected chi connectivity index (χ0v) is 11.7. The first-order chi connectivity index (χ1) is 9.54. The number of aromatic nitrogens is 1. The van der Waals surface area contributed by atoms with Gasteiger partial charge in [-0.1, -0.05) is 30.3 Å². The summed E-state index contributed by atoms with van der Waals surface area (Å²) >= 11 is 0. The second kappa shape index (κ2) is 5.74. The first kappa shape index (κ1) is 14.1. The number of fused-ring (bicyclic) bond motifs is 1. The van der Waals surface area contributed by atoms with E-state index in [0.29, 0.717) is 12.4 Å². The Balaban J connectivity index is 2.70. The van der Waals surface area contributed by atoms with Crippen LogP contribution < -0.4 is 4.90 Å². The number of carboxylic acids is 1. The normalized spacial score (nSPS) is 10.8. The first-order valence-corrected chi connectivity index (χ1v) is 6.55. The number of hydrogen-bond donors (Lipinski definition) is 1. The Labute approximate surface area is 118 Å². The minimum Gasteiger partial charge on any atom is -0.477 e. The fourth-order valence-electron chi connectivity index (χ4n) is 2.19. The molecule has 1 aromatic carbocycles. The van der Waals surface area contributed by atoms with Gasteiger partial charge in [0.25, 0.3) is 0 Å². The Morgan fingerprint density at radius 2 is 2.15 bits per heavy atom. The molecular formula is C16H18N2O2. The van der Waals surface area contributed by atoms with Gasteiger partial charge in [-0.25, -0.2) is 9.78 Å².